The van der Waals surface area contributed by atoms with Crippen LogP contribution in [0.15, 0.2) is 42.5 Å². The number of anilines is 2. The third-order valence-corrected chi connectivity index (χ3v) is 4.55. The minimum Gasteiger partial charge on any atom is -0.478 e. The Balaban J connectivity index is 1.85. The van der Waals surface area contributed by atoms with Crippen LogP contribution in [0.3, 0.4) is 0 Å². The largest absolute Gasteiger partial charge is 0.478 e. The van der Waals surface area contributed by atoms with Gasteiger partial charge in [0.2, 0.25) is 5.91 Å². The average Bonchev–Trinajstić information content (AvgIpc) is 2.89. The number of hydrogen-bond acceptors (Lipinski definition) is 4. The van der Waals surface area contributed by atoms with Crippen LogP contribution in [0.5, 0.6) is 0 Å². The molecule has 1 atom stereocenters. The molecule has 0 aliphatic carbocycles. The summed E-state index contributed by atoms with van der Waals surface area (Å²) in [7, 11) is 0. The SMILES string of the molecule is CCc1ccc(NC2CC(=O)N(c3cc(C(=O)O)ccc3C)C2=O)cc1. The van der Waals surface area contributed by atoms with E-state index in [0.717, 1.165) is 17.0 Å². The van der Waals surface area contributed by atoms with Gasteiger partial charge in [-0.15, -0.1) is 0 Å². The van der Waals surface area contributed by atoms with E-state index in [-0.39, 0.29) is 23.8 Å². The molecule has 1 heterocycles. The third-order valence-electron chi connectivity index (χ3n) is 4.55. The molecule has 0 bridgehead atoms. The second-order valence-corrected chi connectivity index (χ2v) is 6.33. The van der Waals surface area contributed by atoms with Gasteiger partial charge in [0.1, 0.15) is 6.04 Å². The maximum atomic E-state index is 12.8. The second-order valence-electron chi connectivity index (χ2n) is 6.33. The van der Waals surface area contributed by atoms with E-state index in [4.69, 9.17) is 5.11 Å². The maximum absolute atomic E-state index is 12.8. The molecule has 6 heteroatoms. The molecule has 134 valence electrons. The van der Waals surface area contributed by atoms with Crippen molar-refractivity contribution >= 4 is 29.2 Å². The fourth-order valence-electron chi connectivity index (χ4n) is 3.02. The molecular formula is C20H20N2O4. The van der Waals surface area contributed by atoms with Crippen molar-refractivity contribution in [3.8, 4) is 0 Å². The molecule has 1 aliphatic rings. The van der Waals surface area contributed by atoms with Crippen molar-refractivity contribution in [3.05, 3.63) is 59.2 Å². The summed E-state index contributed by atoms with van der Waals surface area (Å²) in [6.07, 6.45) is 0.958. The van der Waals surface area contributed by atoms with E-state index in [2.05, 4.69) is 12.2 Å². The summed E-state index contributed by atoms with van der Waals surface area (Å²) in [5.74, 6) is -1.82. The Morgan fingerprint density at radius 2 is 1.88 bits per heavy atom. The fraction of sp³-hybridized carbons (Fsp3) is 0.250. The lowest BCUT2D eigenvalue weighted by molar-refractivity contribution is -0.121. The summed E-state index contributed by atoms with van der Waals surface area (Å²) in [5, 5.41) is 12.3. The molecule has 0 radical (unpaired) electrons. The molecule has 0 saturated carbocycles. The second kappa shape index (κ2) is 7.00. The van der Waals surface area contributed by atoms with E-state index in [1.807, 2.05) is 24.3 Å². The van der Waals surface area contributed by atoms with Gasteiger partial charge in [0.15, 0.2) is 0 Å². The minimum atomic E-state index is -1.10. The number of nitrogens with zero attached hydrogens (tertiary/aromatic N) is 1. The third kappa shape index (κ3) is 3.31. The normalized spacial score (nSPS) is 16.8. The predicted molar refractivity (Wildman–Crippen MR) is 98.5 cm³/mol. The number of carboxylic acid groups (broad SMARTS) is 1. The average molecular weight is 352 g/mol. The van der Waals surface area contributed by atoms with Crippen LogP contribution in [0, 0.1) is 6.92 Å². The molecule has 6 nitrogen and oxygen atoms in total. The zero-order chi connectivity index (χ0) is 18.8. The number of amides is 2. The van der Waals surface area contributed by atoms with Gasteiger partial charge in [0.05, 0.1) is 17.7 Å². The maximum Gasteiger partial charge on any atom is 0.335 e. The summed E-state index contributed by atoms with van der Waals surface area (Å²) in [5.41, 5.74) is 2.99. The lowest BCUT2D eigenvalue weighted by Crippen LogP contribution is -2.35. The Labute approximate surface area is 151 Å². The van der Waals surface area contributed by atoms with Crippen molar-refractivity contribution in [1.82, 2.24) is 0 Å². The highest BCUT2D eigenvalue weighted by molar-refractivity contribution is 6.23. The molecule has 1 saturated heterocycles. The first-order valence-electron chi connectivity index (χ1n) is 8.47. The first kappa shape index (κ1) is 17.7. The number of nitrogens with one attached hydrogen (secondary N) is 1. The number of carbonyl (C=O) groups excluding carboxylic acids is 2. The van der Waals surface area contributed by atoms with Crippen molar-refractivity contribution in [3.63, 3.8) is 0 Å². The van der Waals surface area contributed by atoms with Gasteiger partial charge in [-0.25, -0.2) is 9.69 Å². The number of benzene rings is 2. The predicted octanol–water partition coefficient (Wildman–Crippen LogP) is 3.00. The van der Waals surface area contributed by atoms with Crippen molar-refractivity contribution in [2.24, 2.45) is 0 Å². The molecule has 1 aliphatic heterocycles. The zero-order valence-electron chi connectivity index (χ0n) is 14.7. The lowest BCUT2D eigenvalue weighted by Gasteiger charge is -2.18. The summed E-state index contributed by atoms with van der Waals surface area (Å²) in [6.45, 7) is 3.80. The molecule has 1 fully saturated rings. The van der Waals surface area contributed by atoms with Crippen LogP contribution in [-0.4, -0.2) is 28.9 Å². The van der Waals surface area contributed by atoms with E-state index >= 15 is 0 Å². The quantitative estimate of drug-likeness (QED) is 0.808. The standard InChI is InChI=1S/C20H20N2O4/c1-3-13-5-8-15(9-6-13)21-16-11-18(23)22(19(16)24)17-10-14(20(25)26)7-4-12(17)2/h4-10,16,21H,3,11H2,1-2H3,(H,25,26). The van der Waals surface area contributed by atoms with Crippen molar-refractivity contribution in [2.45, 2.75) is 32.7 Å². The number of aryl methyl sites for hydroxylation is 2. The molecule has 0 aromatic heterocycles. The summed E-state index contributed by atoms with van der Waals surface area (Å²) in [6, 6.07) is 11.5. The Hall–Kier alpha value is -3.15. The molecule has 0 spiro atoms. The van der Waals surface area contributed by atoms with Gasteiger partial charge in [0, 0.05) is 5.69 Å². The number of hydrogen-bond donors (Lipinski definition) is 2. The summed E-state index contributed by atoms with van der Waals surface area (Å²) < 4.78 is 0. The van der Waals surface area contributed by atoms with Crippen LogP contribution in [0.1, 0.15) is 34.8 Å². The Morgan fingerprint density at radius 1 is 1.19 bits per heavy atom. The molecule has 26 heavy (non-hydrogen) atoms. The molecule has 2 N–H and O–H groups in total. The topological polar surface area (TPSA) is 86.7 Å². The van der Waals surface area contributed by atoms with Gasteiger partial charge in [-0.1, -0.05) is 25.1 Å². The first-order valence-corrected chi connectivity index (χ1v) is 8.47. The molecule has 2 amide bonds. The molecular weight excluding hydrogens is 332 g/mol. The van der Waals surface area contributed by atoms with Crippen LogP contribution in [0.2, 0.25) is 0 Å². The Bertz CT molecular complexity index is 874. The number of carboxylic acids is 1. The minimum absolute atomic E-state index is 0.0328. The smallest absolute Gasteiger partial charge is 0.335 e. The van der Waals surface area contributed by atoms with Crippen molar-refractivity contribution in [2.75, 3.05) is 10.2 Å². The van der Waals surface area contributed by atoms with Gasteiger partial charge in [-0.3, -0.25) is 9.59 Å². The number of imide groups is 1. The molecule has 1 unspecified atom stereocenters. The van der Waals surface area contributed by atoms with Crippen molar-refractivity contribution in [1.29, 1.82) is 0 Å². The van der Waals surface area contributed by atoms with Crippen LogP contribution < -0.4 is 10.2 Å². The van der Waals surface area contributed by atoms with Gasteiger partial charge in [-0.2, -0.15) is 0 Å². The highest BCUT2D eigenvalue weighted by atomic mass is 16.4. The van der Waals surface area contributed by atoms with E-state index in [0.29, 0.717) is 11.3 Å². The van der Waals surface area contributed by atoms with Crippen LogP contribution in [0.4, 0.5) is 11.4 Å². The number of rotatable bonds is 5. The monoisotopic (exact) mass is 352 g/mol. The van der Waals surface area contributed by atoms with Gasteiger partial charge in [-0.05, 0) is 48.7 Å². The Kier molecular flexibility index (Phi) is 4.75. The highest BCUT2D eigenvalue weighted by Crippen LogP contribution is 2.29. The van der Waals surface area contributed by atoms with Crippen LogP contribution >= 0.6 is 0 Å². The molecule has 2 aromatic rings. The number of carbonyl (C=O) groups is 3. The Morgan fingerprint density at radius 3 is 2.50 bits per heavy atom. The van der Waals surface area contributed by atoms with Crippen LogP contribution in [-0.2, 0) is 16.0 Å². The van der Waals surface area contributed by atoms with E-state index in [1.165, 1.54) is 17.7 Å². The summed E-state index contributed by atoms with van der Waals surface area (Å²) >= 11 is 0. The van der Waals surface area contributed by atoms with Gasteiger partial charge >= 0.3 is 5.97 Å². The molecule has 2 aromatic carbocycles. The van der Waals surface area contributed by atoms with Crippen LogP contribution in [0.25, 0.3) is 0 Å². The molecule has 3 rings (SSSR count). The van der Waals surface area contributed by atoms with E-state index < -0.39 is 12.0 Å². The number of aromatic carboxylic acids is 1. The first-order chi connectivity index (χ1) is 12.4. The zero-order valence-corrected chi connectivity index (χ0v) is 14.7. The fourth-order valence-corrected chi connectivity index (χ4v) is 3.02. The van der Waals surface area contributed by atoms with Gasteiger partial charge < -0.3 is 10.4 Å². The summed E-state index contributed by atoms with van der Waals surface area (Å²) in [4.78, 5) is 37.5. The highest BCUT2D eigenvalue weighted by Gasteiger charge is 2.40. The van der Waals surface area contributed by atoms with Crippen molar-refractivity contribution < 1.29 is 19.5 Å². The van der Waals surface area contributed by atoms with E-state index in [1.54, 1.807) is 13.0 Å². The lowest BCUT2D eigenvalue weighted by atomic mass is 10.1. The van der Waals surface area contributed by atoms with E-state index in [9.17, 15) is 14.4 Å². The van der Waals surface area contributed by atoms with Gasteiger partial charge in [0.25, 0.3) is 5.91 Å².